The Bertz CT molecular complexity index is 1450. The third-order valence-corrected chi connectivity index (χ3v) is 4.87. The fraction of sp³-hybridized carbons (Fsp3) is 0.348. The van der Waals surface area contributed by atoms with Gasteiger partial charge in [-0.05, 0) is 55.7 Å². The molecule has 0 spiro atoms. The van der Waals surface area contributed by atoms with E-state index in [4.69, 9.17) is 11.0 Å². The molecule has 2 aromatic carbocycles. The summed E-state index contributed by atoms with van der Waals surface area (Å²) in [4.78, 5) is 17.4. The number of carbonyl (C=O) groups excluding carboxylic acids is 1. The Morgan fingerprint density at radius 3 is 2.47 bits per heavy atom. The van der Waals surface area contributed by atoms with Crippen molar-refractivity contribution in [2.24, 2.45) is 5.92 Å². The largest absolute Gasteiger partial charge is 0.368 e. The van der Waals surface area contributed by atoms with Crippen molar-refractivity contribution in [3.63, 3.8) is 0 Å². The van der Waals surface area contributed by atoms with Gasteiger partial charge < -0.3 is 15.1 Å². The molecule has 2 aliphatic rings. The number of hydrogen-bond donors (Lipinski definition) is 1. The Labute approximate surface area is 197 Å². The molecule has 1 aromatic heterocycles. The number of aryl methyl sites for hydroxylation is 1. The topological polar surface area (TPSA) is 66.3 Å². The molecule has 1 N–H and O–H groups in total. The van der Waals surface area contributed by atoms with E-state index >= 15 is 0 Å². The normalized spacial score (nSPS) is 26.3. The highest BCUT2D eigenvalue weighted by Gasteiger charge is 2.34. The number of anilines is 3. The van der Waals surface area contributed by atoms with Crippen molar-refractivity contribution in [1.29, 1.82) is 0 Å². The summed E-state index contributed by atoms with van der Waals surface area (Å²) in [5, 5.41) is 6.96. The zero-order valence-corrected chi connectivity index (χ0v) is 16.9. The minimum Gasteiger partial charge on any atom is -0.368 e. The van der Waals surface area contributed by atoms with Gasteiger partial charge in [-0.25, -0.2) is 13.5 Å². The van der Waals surface area contributed by atoms with Crippen LogP contribution in [0, 0.1) is 24.5 Å². The van der Waals surface area contributed by atoms with Crippen LogP contribution in [0.25, 0.3) is 5.69 Å². The molecule has 1 aliphatic heterocycles. The summed E-state index contributed by atoms with van der Waals surface area (Å²) >= 11 is 0. The van der Waals surface area contributed by atoms with Crippen LogP contribution in [0.3, 0.4) is 0 Å². The smallest absolute Gasteiger partial charge is 0.246 e. The monoisotopic (exact) mass is 448 g/mol. The van der Waals surface area contributed by atoms with Crippen LogP contribution in [-0.4, -0.2) is 51.6 Å². The molecule has 0 unspecified atom stereocenters. The predicted molar refractivity (Wildman–Crippen MR) is 119 cm³/mol. The lowest BCUT2D eigenvalue weighted by molar-refractivity contribution is -0.132. The van der Waals surface area contributed by atoms with Crippen molar-refractivity contribution >= 4 is 23.2 Å². The van der Waals surface area contributed by atoms with Gasteiger partial charge in [-0.2, -0.15) is 4.98 Å². The summed E-state index contributed by atoms with van der Waals surface area (Å²) in [5.74, 6) is -3.32. The van der Waals surface area contributed by atoms with Crippen molar-refractivity contribution in [3.05, 3.63) is 59.9 Å². The van der Waals surface area contributed by atoms with E-state index in [1.807, 2.05) is 0 Å². The van der Waals surface area contributed by atoms with Gasteiger partial charge in [0.25, 0.3) is 0 Å². The highest BCUT2D eigenvalue weighted by molar-refractivity contribution is 5.81. The van der Waals surface area contributed by atoms with Gasteiger partial charge in [0.15, 0.2) is 0 Å². The minimum absolute atomic E-state index is 0. The number of hydrogen-bond acceptors (Lipinski definition) is 5. The van der Waals surface area contributed by atoms with E-state index < -0.39 is 49.4 Å². The van der Waals surface area contributed by atoms with Crippen LogP contribution in [0.1, 0.15) is 30.8 Å². The fourth-order valence-corrected chi connectivity index (χ4v) is 3.22. The lowest BCUT2D eigenvalue weighted by Gasteiger charge is -2.36. The van der Waals surface area contributed by atoms with Crippen molar-refractivity contribution in [2.45, 2.75) is 19.8 Å². The molecule has 0 atom stereocenters. The van der Waals surface area contributed by atoms with Crippen molar-refractivity contribution in [3.8, 4) is 5.69 Å². The summed E-state index contributed by atoms with van der Waals surface area (Å²) in [7, 11) is 0. The third-order valence-electron chi connectivity index (χ3n) is 4.87. The minimum atomic E-state index is -3.25. The number of benzene rings is 2. The zero-order chi connectivity index (χ0) is 29.4. The lowest BCUT2D eigenvalue weighted by Crippen LogP contribution is -2.49. The van der Waals surface area contributed by atoms with Crippen LogP contribution < -0.4 is 10.2 Å². The molecule has 1 aliphatic carbocycles. The molecule has 1 amide bonds. The molecule has 2 fully saturated rings. The van der Waals surface area contributed by atoms with Gasteiger partial charge in [0.05, 0.1) is 16.7 Å². The maximum absolute atomic E-state index is 13.6. The Balaban J connectivity index is 0.00000387. The number of aromatic nitrogens is 3. The summed E-state index contributed by atoms with van der Waals surface area (Å²) in [6.07, 6.45) is 1.98. The summed E-state index contributed by atoms with van der Waals surface area (Å²) in [5.41, 5.74) is 0.529. The standard InChI is InChI=1S/C23H24F2N6O.H2/c1-15-8-19(27-23-26-14-31(28-23)21-11-17(24)10-18(25)12-21)13-20(9-15)29-4-6-30(7-5-29)22(32)16-2-3-16;/h8-14,16H,2-7H2,1H3,(H,27,28);1H/i4D2,5D2,6D2,7D2;. The number of nitrogens with one attached hydrogen (secondary N) is 1. The van der Waals surface area contributed by atoms with Crippen LogP contribution in [0.2, 0.25) is 0 Å². The van der Waals surface area contributed by atoms with Crippen molar-refractivity contribution in [1.82, 2.24) is 19.7 Å². The Morgan fingerprint density at radius 2 is 1.78 bits per heavy atom. The van der Waals surface area contributed by atoms with Crippen molar-refractivity contribution < 1.29 is 26.0 Å². The van der Waals surface area contributed by atoms with Gasteiger partial charge in [-0.15, -0.1) is 5.10 Å². The highest BCUT2D eigenvalue weighted by Crippen LogP contribution is 2.32. The maximum Gasteiger partial charge on any atom is 0.246 e. The number of carbonyl (C=O) groups is 1. The molecule has 32 heavy (non-hydrogen) atoms. The predicted octanol–water partition coefficient (Wildman–Crippen LogP) is 3.90. The van der Waals surface area contributed by atoms with Gasteiger partial charge >= 0.3 is 0 Å². The van der Waals surface area contributed by atoms with E-state index in [9.17, 15) is 13.6 Å². The summed E-state index contributed by atoms with van der Waals surface area (Å²) < 4.78 is 97.0. The molecule has 5 rings (SSSR count). The molecule has 9 heteroatoms. The Kier molecular flexibility index (Phi) is 3.38. The fourth-order valence-electron chi connectivity index (χ4n) is 3.22. The van der Waals surface area contributed by atoms with Crippen LogP contribution in [0.5, 0.6) is 0 Å². The van der Waals surface area contributed by atoms with Gasteiger partial charge in [0.2, 0.25) is 11.9 Å². The van der Waals surface area contributed by atoms with E-state index in [1.54, 1.807) is 13.0 Å². The lowest BCUT2D eigenvalue weighted by atomic mass is 10.1. The molecular formula is C23H26F2N6O. The molecule has 0 radical (unpaired) electrons. The zero-order valence-electron chi connectivity index (χ0n) is 24.9. The number of halogens is 2. The molecule has 7 nitrogen and oxygen atoms in total. The molecule has 1 saturated carbocycles. The van der Waals surface area contributed by atoms with Crippen LogP contribution in [0.4, 0.5) is 26.1 Å². The van der Waals surface area contributed by atoms with E-state index in [-0.39, 0.29) is 29.3 Å². The first-order valence-corrected chi connectivity index (χ1v) is 9.88. The van der Waals surface area contributed by atoms with E-state index in [2.05, 4.69) is 15.4 Å². The molecule has 2 heterocycles. The first kappa shape index (κ1) is 13.1. The first-order chi connectivity index (χ1) is 18.5. The number of piperazine rings is 1. The first-order valence-electron chi connectivity index (χ1n) is 13.9. The molecular weight excluding hydrogens is 414 g/mol. The SMILES string of the molecule is [2H]C1([2H])N(C(=O)C2CC2)C([2H])([2H])C([2H])([2H])N(c2cc(C)cc(Nc3ncn(-c4cc(F)cc(F)c4)n3)c2)C1([2H])[2H].[HH]. The van der Waals surface area contributed by atoms with Crippen molar-refractivity contribution in [2.75, 3.05) is 36.2 Å². The third kappa shape index (κ3) is 4.42. The molecule has 3 aromatic rings. The van der Waals surface area contributed by atoms with Crippen LogP contribution >= 0.6 is 0 Å². The molecule has 1 saturated heterocycles. The average molecular weight is 449 g/mol. The molecule has 168 valence electrons. The van der Waals surface area contributed by atoms with Gasteiger partial charge in [-0.3, -0.25) is 4.79 Å². The number of rotatable bonds is 5. The second-order valence-electron chi connectivity index (χ2n) is 7.55. The summed E-state index contributed by atoms with van der Waals surface area (Å²) in [6.45, 7) is -11.3. The van der Waals surface area contributed by atoms with E-state index in [0.29, 0.717) is 29.4 Å². The highest BCUT2D eigenvalue weighted by atomic mass is 19.1. The van der Waals surface area contributed by atoms with Crippen LogP contribution in [-0.2, 0) is 4.79 Å². The Morgan fingerprint density at radius 1 is 1.06 bits per heavy atom. The molecule has 0 bridgehead atoms. The number of nitrogens with zero attached hydrogens (tertiary/aromatic N) is 5. The quantitative estimate of drug-likeness (QED) is 0.641. The van der Waals surface area contributed by atoms with Gasteiger partial charge in [-0.1, -0.05) is 0 Å². The second kappa shape index (κ2) is 8.22. The maximum atomic E-state index is 13.6. The number of amides is 1. The van der Waals surface area contributed by atoms with Gasteiger partial charge in [0.1, 0.15) is 18.0 Å². The van der Waals surface area contributed by atoms with Crippen LogP contribution in [0.15, 0.2) is 42.7 Å². The Hall–Kier alpha value is -3.49. The summed E-state index contributed by atoms with van der Waals surface area (Å²) in [6, 6.07) is 6.99. The second-order valence-corrected chi connectivity index (χ2v) is 7.55. The average Bonchev–Trinajstić information content (AvgIpc) is 3.55. The van der Waals surface area contributed by atoms with Gasteiger partial charge in [0, 0.05) is 50.8 Å². The van der Waals surface area contributed by atoms with E-state index in [0.717, 1.165) is 16.8 Å². The van der Waals surface area contributed by atoms with E-state index in [1.165, 1.54) is 18.5 Å².